The number of benzene rings is 2. The molecule has 2 aromatic rings. The second kappa shape index (κ2) is 7.56. The summed E-state index contributed by atoms with van der Waals surface area (Å²) >= 11 is 0. The molecule has 0 aromatic heterocycles. The number of nitrogens with zero attached hydrogens (tertiary/aromatic N) is 1. The minimum Gasteiger partial charge on any atom is -0.508 e. The summed E-state index contributed by atoms with van der Waals surface area (Å²) in [5.41, 5.74) is 4.13. The molecule has 3 nitrogen and oxygen atoms in total. The van der Waals surface area contributed by atoms with Gasteiger partial charge < -0.3 is 15.1 Å². The van der Waals surface area contributed by atoms with Gasteiger partial charge in [-0.2, -0.15) is 0 Å². The molecule has 1 unspecified atom stereocenters. The van der Waals surface area contributed by atoms with Gasteiger partial charge in [-0.25, -0.2) is 0 Å². The second-order valence-electron chi connectivity index (χ2n) is 10.7. The Bertz CT molecular complexity index is 1080. The standard InChI is InChI=1S/C29H35NO2/c1-5-15-29(32)16-14-26-24-12-8-20-17-22(31)11-13-23(20)27(24)25(18-28(26,29)2)19-6-9-21(10-7-19)30(3)4/h6-7,9-11,13,17,24-27,31-32H,8,12,14,16,18H2,1-4H3/t24-,25+,26-,27?,28-,29-/m0/s1. The fourth-order valence-electron chi connectivity index (χ4n) is 7.46. The number of rotatable bonds is 2. The fraction of sp³-hybridized carbons (Fsp3) is 0.517. The SMILES string of the molecule is CC#C[C@]1(O)CC[C@H]2[C@@H]3CCc4cc(O)ccc4C3[C@@H](c3ccc(N(C)C)cc3)C[C@@]21C. The van der Waals surface area contributed by atoms with E-state index in [1.54, 1.807) is 0 Å². The number of fused-ring (bicyclic) bond motifs is 5. The number of phenolic OH excluding ortho intramolecular Hbond substituents is 1. The van der Waals surface area contributed by atoms with E-state index in [0.29, 0.717) is 29.4 Å². The lowest BCUT2D eigenvalue weighted by atomic mass is 9.49. The highest BCUT2D eigenvalue weighted by Gasteiger charge is 2.63. The smallest absolute Gasteiger partial charge is 0.131 e. The third kappa shape index (κ3) is 3.07. The molecule has 3 aliphatic carbocycles. The highest BCUT2D eigenvalue weighted by atomic mass is 16.3. The molecule has 3 aliphatic rings. The van der Waals surface area contributed by atoms with Gasteiger partial charge in [-0.1, -0.05) is 31.0 Å². The van der Waals surface area contributed by atoms with Gasteiger partial charge in [0.1, 0.15) is 11.4 Å². The molecule has 2 fully saturated rings. The lowest BCUT2D eigenvalue weighted by Crippen LogP contribution is -2.52. The predicted octanol–water partition coefficient (Wildman–Crippen LogP) is 5.46. The molecule has 32 heavy (non-hydrogen) atoms. The number of aromatic hydroxyl groups is 1. The van der Waals surface area contributed by atoms with Crippen LogP contribution in [0.25, 0.3) is 0 Å². The molecule has 2 saturated carbocycles. The van der Waals surface area contributed by atoms with E-state index in [9.17, 15) is 10.2 Å². The van der Waals surface area contributed by atoms with Crippen molar-refractivity contribution in [2.24, 2.45) is 17.3 Å². The van der Waals surface area contributed by atoms with Gasteiger partial charge in [-0.15, -0.1) is 5.92 Å². The first-order valence-corrected chi connectivity index (χ1v) is 12.0. The molecule has 2 N–H and O–H groups in total. The third-order valence-corrected chi connectivity index (χ3v) is 9.04. The van der Waals surface area contributed by atoms with E-state index in [0.717, 1.165) is 32.1 Å². The first-order valence-electron chi connectivity index (χ1n) is 12.0. The van der Waals surface area contributed by atoms with Crippen LogP contribution in [-0.2, 0) is 6.42 Å². The van der Waals surface area contributed by atoms with Gasteiger partial charge in [0.15, 0.2) is 0 Å². The van der Waals surface area contributed by atoms with E-state index in [4.69, 9.17) is 0 Å². The van der Waals surface area contributed by atoms with Crippen LogP contribution in [0.4, 0.5) is 5.69 Å². The van der Waals surface area contributed by atoms with Crippen LogP contribution in [0.5, 0.6) is 5.75 Å². The molecule has 0 heterocycles. The van der Waals surface area contributed by atoms with Crippen LogP contribution in [-0.4, -0.2) is 29.9 Å². The number of anilines is 1. The van der Waals surface area contributed by atoms with Crippen molar-refractivity contribution in [1.82, 2.24) is 0 Å². The zero-order chi connectivity index (χ0) is 22.7. The molecular weight excluding hydrogens is 394 g/mol. The lowest BCUT2D eigenvalue weighted by molar-refractivity contribution is -0.0721. The van der Waals surface area contributed by atoms with Gasteiger partial charge >= 0.3 is 0 Å². The largest absolute Gasteiger partial charge is 0.508 e. The molecule has 0 bridgehead atoms. The lowest BCUT2D eigenvalue weighted by Gasteiger charge is -2.55. The monoisotopic (exact) mass is 429 g/mol. The molecular formula is C29H35NO2. The van der Waals surface area contributed by atoms with E-state index in [-0.39, 0.29) is 5.41 Å². The highest BCUT2D eigenvalue weighted by molar-refractivity contribution is 5.49. The minimum atomic E-state index is -0.908. The van der Waals surface area contributed by atoms with E-state index < -0.39 is 5.60 Å². The molecule has 0 amide bonds. The quantitative estimate of drug-likeness (QED) is 0.623. The van der Waals surface area contributed by atoms with Crippen LogP contribution in [0.3, 0.4) is 0 Å². The summed E-state index contributed by atoms with van der Waals surface area (Å²) in [6.07, 6.45) is 4.87. The van der Waals surface area contributed by atoms with Crippen molar-refractivity contribution in [3.8, 4) is 17.6 Å². The third-order valence-electron chi connectivity index (χ3n) is 9.04. The maximum atomic E-state index is 11.7. The second-order valence-corrected chi connectivity index (χ2v) is 10.7. The molecule has 5 rings (SSSR count). The van der Waals surface area contributed by atoms with Crippen LogP contribution < -0.4 is 4.90 Å². The predicted molar refractivity (Wildman–Crippen MR) is 130 cm³/mol. The summed E-state index contributed by atoms with van der Waals surface area (Å²) in [5.74, 6) is 8.39. The fourth-order valence-corrected chi connectivity index (χ4v) is 7.46. The van der Waals surface area contributed by atoms with Crippen molar-refractivity contribution < 1.29 is 10.2 Å². The van der Waals surface area contributed by atoms with E-state index in [2.05, 4.69) is 68.1 Å². The summed E-state index contributed by atoms with van der Waals surface area (Å²) in [6, 6.07) is 15.0. The van der Waals surface area contributed by atoms with Crippen molar-refractivity contribution in [2.75, 3.05) is 19.0 Å². The first-order chi connectivity index (χ1) is 15.3. The Balaban J connectivity index is 1.64. The van der Waals surface area contributed by atoms with E-state index >= 15 is 0 Å². The molecule has 3 heteroatoms. The average Bonchev–Trinajstić information content (AvgIpc) is 3.03. The van der Waals surface area contributed by atoms with Gasteiger partial charge in [-0.3, -0.25) is 0 Å². The Morgan fingerprint density at radius 1 is 1.06 bits per heavy atom. The van der Waals surface area contributed by atoms with Crippen molar-refractivity contribution >= 4 is 5.69 Å². The zero-order valence-electron chi connectivity index (χ0n) is 19.7. The van der Waals surface area contributed by atoms with Crippen molar-refractivity contribution in [3.05, 3.63) is 59.2 Å². The van der Waals surface area contributed by atoms with Gasteiger partial charge in [0.2, 0.25) is 0 Å². The summed E-state index contributed by atoms with van der Waals surface area (Å²) in [4.78, 5) is 2.13. The van der Waals surface area contributed by atoms with Gasteiger partial charge in [0.05, 0.1) is 0 Å². The van der Waals surface area contributed by atoms with Gasteiger partial charge in [-0.05, 0) is 104 Å². The summed E-state index contributed by atoms with van der Waals surface area (Å²) < 4.78 is 0. The Morgan fingerprint density at radius 3 is 2.50 bits per heavy atom. The van der Waals surface area contributed by atoms with E-state index in [1.165, 1.54) is 22.4 Å². The van der Waals surface area contributed by atoms with Crippen LogP contribution in [0.15, 0.2) is 42.5 Å². The Morgan fingerprint density at radius 2 is 1.81 bits per heavy atom. The van der Waals surface area contributed by atoms with Crippen LogP contribution >= 0.6 is 0 Å². The zero-order valence-corrected chi connectivity index (χ0v) is 19.7. The van der Waals surface area contributed by atoms with Crippen molar-refractivity contribution in [2.45, 2.75) is 63.4 Å². The minimum absolute atomic E-state index is 0.212. The Hall–Kier alpha value is -2.44. The number of hydrogen-bond donors (Lipinski definition) is 2. The van der Waals surface area contributed by atoms with Crippen LogP contribution in [0.2, 0.25) is 0 Å². The molecule has 168 valence electrons. The highest BCUT2D eigenvalue weighted by Crippen LogP contribution is 2.67. The summed E-state index contributed by atoms with van der Waals surface area (Å²) in [6.45, 7) is 4.15. The topological polar surface area (TPSA) is 43.7 Å². The van der Waals surface area contributed by atoms with Crippen molar-refractivity contribution in [1.29, 1.82) is 0 Å². The maximum Gasteiger partial charge on any atom is 0.131 e. The number of aryl methyl sites for hydroxylation is 1. The number of phenols is 1. The van der Waals surface area contributed by atoms with E-state index in [1.807, 2.05) is 19.1 Å². The molecule has 0 radical (unpaired) electrons. The number of aliphatic hydroxyl groups is 1. The van der Waals surface area contributed by atoms with Crippen molar-refractivity contribution in [3.63, 3.8) is 0 Å². The normalized spacial score (nSPS) is 35.2. The number of hydrogen-bond acceptors (Lipinski definition) is 3. The first kappa shape index (κ1) is 21.4. The molecule has 0 saturated heterocycles. The average molecular weight is 430 g/mol. The van der Waals surface area contributed by atoms with Gasteiger partial charge in [0.25, 0.3) is 0 Å². The van der Waals surface area contributed by atoms with Crippen LogP contribution in [0.1, 0.15) is 68.1 Å². The molecule has 0 aliphatic heterocycles. The maximum absolute atomic E-state index is 11.7. The Kier molecular flexibility index (Phi) is 5.06. The Labute approximate surface area is 192 Å². The van der Waals surface area contributed by atoms with Crippen LogP contribution in [0, 0.1) is 29.1 Å². The summed E-state index contributed by atoms with van der Waals surface area (Å²) in [5, 5.41) is 21.9. The molecule has 6 atom stereocenters. The molecule has 2 aromatic carbocycles. The van der Waals surface area contributed by atoms with Gasteiger partial charge in [0, 0.05) is 25.2 Å². The summed E-state index contributed by atoms with van der Waals surface area (Å²) in [7, 11) is 4.15. The molecule has 0 spiro atoms.